The summed E-state index contributed by atoms with van der Waals surface area (Å²) in [4.78, 5) is 34.1. The molecule has 0 fully saturated rings. The number of pyridine rings is 1. The third-order valence-electron chi connectivity index (χ3n) is 7.93. The minimum absolute atomic E-state index is 0.0675. The second kappa shape index (κ2) is 16.1. The first kappa shape index (κ1) is 33.6. The Bertz CT molecular complexity index is 1480. The highest BCUT2D eigenvalue weighted by molar-refractivity contribution is 5.91. The molecule has 0 saturated heterocycles. The van der Waals surface area contributed by atoms with E-state index in [9.17, 15) is 9.59 Å². The highest BCUT2D eigenvalue weighted by Gasteiger charge is 2.31. The monoisotopic (exact) mass is 606 g/mol. The maximum atomic E-state index is 14.2. The fourth-order valence-corrected chi connectivity index (χ4v) is 5.48. The number of benzene rings is 3. The molecule has 0 N–H and O–H groups in total. The lowest BCUT2D eigenvalue weighted by Crippen LogP contribution is -2.41. The molecule has 4 aromatic rings. The number of rotatable bonds is 16. The van der Waals surface area contributed by atoms with Gasteiger partial charge in [0, 0.05) is 37.7 Å². The van der Waals surface area contributed by atoms with E-state index < -0.39 is 12.0 Å². The summed E-state index contributed by atoms with van der Waals surface area (Å²) < 4.78 is 11.3. The average molecular weight is 607 g/mol. The Hall–Kier alpha value is -4.29. The van der Waals surface area contributed by atoms with Crippen LogP contribution in [0.25, 0.3) is 0 Å². The molecule has 1 aromatic heterocycles. The van der Waals surface area contributed by atoms with Crippen LogP contribution in [-0.4, -0.2) is 41.6 Å². The van der Waals surface area contributed by atoms with Gasteiger partial charge in [0.1, 0.15) is 23.9 Å². The maximum Gasteiger partial charge on any atom is 0.151 e. The van der Waals surface area contributed by atoms with E-state index >= 15 is 0 Å². The van der Waals surface area contributed by atoms with Crippen molar-refractivity contribution in [3.8, 4) is 11.5 Å². The summed E-state index contributed by atoms with van der Waals surface area (Å²) in [5, 5.41) is 0. The molecule has 0 aliphatic rings. The van der Waals surface area contributed by atoms with Crippen LogP contribution in [0.15, 0.2) is 103 Å². The molecule has 45 heavy (non-hydrogen) atoms. The molecule has 3 aromatic carbocycles. The summed E-state index contributed by atoms with van der Waals surface area (Å²) in [6.45, 7) is 7.29. The van der Waals surface area contributed by atoms with Crippen molar-refractivity contribution < 1.29 is 19.1 Å². The number of hydrogen-bond acceptors (Lipinski definition) is 6. The number of methoxy groups -OCH3 is 1. The van der Waals surface area contributed by atoms with Crippen molar-refractivity contribution in [1.82, 2.24) is 9.88 Å². The van der Waals surface area contributed by atoms with Gasteiger partial charge in [-0.2, -0.15) is 0 Å². The molecule has 6 nitrogen and oxygen atoms in total. The van der Waals surface area contributed by atoms with E-state index in [-0.39, 0.29) is 23.4 Å². The molecule has 0 aliphatic carbocycles. The molecule has 0 radical (unpaired) electrons. The average Bonchev–Trinajstić information content (AvgIpc) is 3.03. The van der Waals surface area contributed by atoms with Gasteiger partial charge in [0.15, 0.2) is 5.78 Å². The summed E-state index contributed by atoms with van der Waals surface area (Å²) in [6.07, 6.45) is 5.15. The molecule has 0 aliphatic heterocycles. The third-order valence-corrected chi connectivity index (χ3v) is 7.93. The van der Waals surface area contributed by atoms with E-state index in [4.69, 9.17) is 9.47 Å². The van der Waals surface area contributed by atoms with Crippen molar-refractivity contribution >= 4 is 11.6 Å². The van der Waals surface area contributed by atoms with Gasteiger partial charge in [0.05, 0.1) is 13.2 Å². The van der Waals surface area contributed by atoms with E-state index in [1.54, 1.807) is 19.5 Å². The number of carbonyl (C=O) groups is 2. The van der Waals surface area contributed by atoms with Crippen LogP contribution in [0.1, 0.15) is 55.9 Å². The van der Waals surface area contributed by atoms with Crippen LogP contribution in [0.4, 0.5) is 0 Å². The molecule has 6 heteroatoms. The molecule has 4 rings (SSSR count). The van der Waals surface area contributed by atoms with Gasteiger partial charge >= 0.3 is 0 Å². The standard InChI is InChI=1S/C39H46N2O4/c1-39(2,3)26-38(43)33(23-29-11-17-35(18-12-29)45-28-32-9-7-6-8-10-32)25-37(42)36(24-30-19-21-40-22-20-30)41(4)27-31-13-15-34(44-5)16-14-31/h6-22,33,36H,23-28H2,1-5H3. The molecule has 2 unspecified atom stereocenters. The number of hydrogen-bond donors (Lipinski definition) is 0. The van der Waals surface area contributed by atoms with Gasteiger partial charge in [-0.1, -0.05) is 75.4 Å². The largest absolute Gasteiger partial charge is 0.497 e. The Kier molecular flexibility index (Phi) is 12.1. The summed E-state index contributed by atoms with van der Waals surface area (Å²) in [6, 6.07) is 29.4. The zero-order valence-corrected chi connectivity index (χ0v) is 27.2. The van der Waals surface area contributed by atoms with Crippen LogP contribution in [-0.2, 0) is 35.6 Å². The number of aromatic nitrogens is 1. The highest BCUT2D eigenvalue weighted by Crippen LogP contribution is 2.27. The summed E-state index contributed by atoms with van der Waals surface area (Å²) in [7, 11) is 3.63. The zero-order chi connectivity index (χ0) is 32.2. The predicted octanol–water partition coefficient (Wildman–Crippen LogP) is 7.54. The molecule has 2 atom stereocenters. The van der Waals surface area contributed by atoms with E-state index in [1.165, 1.54) is 0 Å². The Morgan fingerprint density at radius 1 is 0.733 bits per heavy atom. The van der Waals surface area contributed by atoms with Crippen LogP contribution in [0.3, 0.4) is 0 Å². The van der Waals surface area contributed by atoms with Crippen molar-refractivity contribution in [2.75, 3.05) is 14.2 Å². The fraction of sp³-hybridized carbons (Fsp3) is 0.359. The van der Waals surface area contributed by atoms with Gasteiger partial charge in [0.25, 0.3) is 0 Å². The Labute approximate surface area is 268 Å². The van der Waals surface area contributed by atoms with Crippen LogP contribution >= 0.6 is 0 Å². The van der Waals surface area contributed by atoms with Gasteiger partial charge in [-0.3, -0.25) is 19.5 Å². The number of nitrogens with zero attached hydrogens (tertiary/aromatic N) is 2. The molecule has 0 saturated carbocycles. The second-order valence-corrected chi connectivity index (χ2v) is 13.0. The van der Waals surface area contributed by atoms with Crippen LogP contribution in [0.5, 0.6) is 11.5 Å². The van der Waals surface area contributed by atoms with Gasteiger partial charge in [-0.05, 0) is 84.0 Å². The molecule has 0 spiro atoms. The number of Topliss-reactive ketones (excluding diaryl/α,β-unsaturated/α-hetero) is 2. The topological polar surface area (TPSA) is 68.7 Å². The highest BCUT2D eigenvalue weighted by atomic mass is 16.5. The molecule has 0 bridgehead atoms. The normalized spacial score (nSPS) is 12.8. The lowest BCUT2D eigenvalue weighted by molar-refractivity contribution is -0.131. The predicted molar refractivity (Wildman–Crippen MR) is 179 cm³/mol. The fourth-order valence-electron chi connectivity index (χ4n) is 5.48. The van der Waals surface area contributed by atoms with Crippen molar-refractivity contribution in [2.24, 2.45) is 11.3 Å². The molecular weight excluding hydrogens is 560 g/mol. The number of ether oxygens (including phenoxy) is 2. The second-order valence-electron chi connectivity index (χ2n) is 13.0. The van der Waals surface area contributed by atoms with Crippen LogP contribution in [0.2, 0.25) is 0 Å². The van der Waals surface area contributed by atoms with Crippen molar-refractivity contribution in [2.45, 2.75) is 65.6 Å². The van der Waals surface area contributed by atoms with Crippen molar-refractivity contribution in [3.05, 3.63) is 126 Å². The molecular formula is C39H46N2O4. The quantitative estimate of drug-likeness (QED) is 0.131. The molecule has 0 amide bonds. The van der Waals surface area contributed by atoms with Crippen LogP contribution < -0.4 is 9.47 Å². The van der Waals surface area contributed by atoms with E-state index in [1.807, 2.05) is 98.0 Å². The summed E-state index contributed by atoms with van der Waals surface area (Å²) in [5.74, 6) is 1.34. The first-order valence-electron chi connectivity index (χ1n) is 15.6. The van der Waals surface area contributed by atoms with Gasteiger partial charge in [-0.15, -0.1) is 0 Å². The number of likely N-dealkylation sites (N-methyl/N-ethyl adjacent to an activating group) is 1. The SMILES string of the molecule is COc1ccc(CN(C)C(Cc2ccncc2)C(=O)CC(Cc2ccc(OCc3ccccc3)cc2)C(=O)CC(C)(C)C)cc1. The van der Waals surface area contributed by atoms with Crippen molar-refractivity contribution in [3.63, 3.8) is 0 Å². The lowest BCUT2D eigenvalue weighted by atomic mass is 9.80. The maximum absolute atomic E-state index is 14.2. The minimum Gasteiger partial charge on any atom is -0.497 e. The molecule has 236 valence electrons. The summed E-state index contributed by atoms with van der Waals surface area (Å²) in [5.41, 5.74) is 4.06. The lowest BCUT2D eigenvalue weighted by Gasteiger charge is -2.29. The van der Waals surface area contributed by atoms with E-state index in [2.05, 4.69) is 30.7 Å². The van der Waals surface area contributed by atoms with E-state index in [0.29, 0.717) is 32.4 Å². The molecule has 1 heterocycles. The van der Waals surface area contributed by atoms with Gasteiger partial charge < -0.3 is 9.47 Å². The number of carbonyl (C=O) groups excluding carboxylic acids is 2. The first-order chi connectivity index (χ1) is 21.6. The van der Waals surface area contributed by atoms with Gasteiger partial charge in [0.2, 0.25) is 0 Å². The van der Waals surface area contributed by atoms with E-state index in [0.717, 1.165) is 33.8 Å². The Balaban J connectivity index is 1.51. The van der Waals surface area contributed by atoms with Crippen molar-refractivity contribution in [1.29, 1.82) is 0 Å². The minimum atomic E-state index is -0.415. The summed E-state index contributed by atoms with van der Waals surface area (Å²) >= 11 is 0. The Morgan fingerprint density at radius 3 is 1.96 bits per heavy atom. The van der Waals surface area contributed by atoms with Crippen LogP contribution in [0, 0.1) is 11.3 Å². The van der Waals surface area contributed by atoms with Gasteiger partial charge in [-0.25, -0.2) is 0 Å². The Morgan fingerprint density at radius 2 is 1.33 bits per heavy atom. The number of ketones is 2. The zero-order valence-electron chi connectivity index (χ0n) is 27.2. The third kappa shape index (κ3) is 11.0. The first-order valence-corrected chi connectivity index (χ1v) is 15.6. The smallest absolute Gasteiger partial charge is 0.151 e.